The highest BCUT2D eigenvalue weighted by Gasteiger charge is 2.24. The molecule has 2 aromatic rings. The van der Waals surface area contributed by atoms with Crippen LogP contribution in [-0.4, -0.2) is 40.4 Å². The van der Waals surface area contributed by atoms with Gasteiger partial charge in [0.1, 0.15) is 0 Å². The quantitative estimate of drug-likeness (QED) is 0.872. The molecule has 3 rings (SSSR count). The van der Waals surface area contributed by atoms with Crippen LogP contribution in [0.1, 0.15) is 35.3 Å². The first-order valence-corrected chi connectivity index (χ1v) is 9.71. The Morgan fingerprint density at radius 1 is 1.19 bits per heavy atom. The van der Waals surface area contributed by atoms with E-state index in [0.717, 1.165) is 29.9 Å². The van der Waals surface area contributed by atoms with Gasteiger partial charge in [0.05, 0.1) is 0 Å². The van der Waals surface area contributed by atoms with E-state index in [1.807, 2.05) is 35.4 Å². The second-order valence-electron chi connectivity index (χ2n) is 6.54. The number of benzene rings is 1. The summed E-state index contributed by atoms with van der Waals surface area (Å²) in [5, 5.41) is 4.86. The Kier molecular flexibility index (Phi) is 5.88. The minimum Gasteiger partial charge on any atom is -0.349 e. The van der Waals surface area contributed by atoms with E-state index in [4.69, 9.17) is 0 Å². The van der Waals surface area contributed by atoms with E-state index in [0.29, 0.717) is 31.6 Å². The first-order chi connectivity index (χ1) is 12.5. The zero-order chi connectivity index (χ0) is 18.5. The fraction of sp³-hybridized carbons (Fsp3) is 0.421. The van der Waals surface area contributed by atoms with Gasteiger partial charge >= 0.3 is 4.87 Å². The van der Waals surface area contributed by atoms with E-state index < -0.39 is 0 Å². The van der Waals surface area contributed by atoms with Gasteiger partial charge in [0.2, 0.25) is 5.91 Å². The number of amides is 2. The SMILES string of the molecule is Cc1csc(=O)n1CCC(=O)N1CCC(NC(=O)c2ccccc2)CC1. The van der Waals surface area contributed by atoms with Gasteiger partial charge in [-0.05, 0) is 31.9 Å². The van der Waals surface area contributed by atoms with Crippen LogP contribution in [-0.2, 0) is 11.3 Å². The lowest BCUT2D eigenvalue weighted by Crippen LogP contribution is -2.46. The third-order valence-corrected chi connectivity index (χ3v) is 5.63. The molecule has 0 unspecified atom stereocenters. The highest BCUT2D eigenvalue weighted by atomic mass is 32.1. The fourth-order valence-electron chi connectivity index (χ4n) is 3.17. The van der Waals surface area contributed by atoms with Gasteiger partial charge in [-0.15, -0.1) is 0 Å². The summed E-state index contributed by atoms with van der Waals surface area (Å²) in [5.74, 6) is -0.00183. The predicted octanol–water partition coefficient (Wildman–Crippen LogP) is 2.03. The number of hydrogen-bond acceptors (Lipinski definition) is 4. The van der Waals surface area contributed by atoms with Crippen LogP contribution < -0.4 is 10.2 Å². The van der Waals surface area contributed by atoms with E-state index in [-0.39, 0.29) is 22.7 Å². The largest absolute Gasteiger partial charge is 0.349 e. The van der Waals surface area contributed by atoms with E-state index >= 15 is 0 Å². The molecule has 0 aliphatic carbocycles. The van der Waals surface area contributed by atoms with Crippen LogP contribution in [0.4, 0.5) is 0 Å². The fourth-order valence-corrected chi connectivity index (χ4v) is 3.93. The second-order valence-corrected chi connectivity index (χ2v) is 7.36. The van der Waals surface area contributed by atoms with E-state index in [1.165, 1.54) is 0 Å². The lowest BCUT2D eigenvalue weighted by molar-refractivity contribution is -0.132. The summed E-state index contributed by atoms with van der Waals surface area (Å²) in [4.78, 5) is 38.1. The minimum atomic E-state index is -0.0670. The van der Waals surface area contributed by atoms with Gasteiger partial charge < -0.3 is 14.8 Å². The van der Waals surface area contributed by atoms with Gasteiger partial charge in [-0.3, -0.25) is 14.4 Å². The number of carbonyl (C=O) groups is 2. The number of piperidine rings is 1. The molecule has 7 heteroatoms. The van der Waals surface area contributed by atoms with Gasteiger partial charge in [-0.1, -0.05) is 29.5 Å². The molecule has 1 N–H and O–H groups in total. The molecule has 1 saturated heterocycles. The lowest BCUT2D eigenvalue weighted by Gasteiger charge is -2.32. The van der Waals surface area contributed by atoms with Crippen LogP contribution in [0.3, 0.4) is 0 Å². The third kappa shape index (κ3) is 4.40. The predicted molar refractivity (Wildman–Crippen MR) is 101 cm³/mol. The summed E-state index contributed by atoms with van der Waals surface area (Å²) in [7, 11) is 0. The number of likely N-dealkylation sites (tertiary alicyclic amines) is 1. The number of carbonyl (C=O) groups excluding carboxylic acids is 2. The Hall–Kier alpha value is -2.41. The van der Waals surface area contributed by atoms with Gasteiger partial charge in [-0.2, -0.15) is 0 Å². The van der Waals surface area contributed by atoms with Crippen molar-refractivity contribution in [1.82, 2.24) is 14.8 Å². The molecule has 1 aliphatic heterocycles. The zero-order valence-electron chi connectivity index (χ0n) is 14.8. The molecule has 1 aromatic heterocycles. The average Bonchev–Trinajstić information content (AvgIpc) is 2.99. The van der Waals surface area contributed by atoms with Gasteiger partial charge in [0, 0.05) is 48.7 Å². The Bertz CT molecular complexity index is 820. The van der Waals surface area contributed by atoms with Gasteiger partial charge in [0.25, 0.3) is 5.91 Å². The Morgan fingerprint density at radius 2 is 1.88 bits per heavy atom. The molecule has 138 valence electrons. The lowest BCUT2D eigenvalue weighted by atomic mass is 10.0. The number of aryl methyl sites for hydroxylation is 1. The van der Waals surface area contributed by atoms with Crippen LogP contribution in [0.5, 0.6) is 0 Å². The van der Waals surface area contributed by atoms with Crippen molar-refractivity contribution in [2.75, 3.05) is 13.1 Å². The highest BCUT2D eigenvalue weighted by Crippen LogP contribution is 2.13. The summed E-state index contributed by atoms with van der Waals surface area (Å²) < 4.78 is 1.65. The van der Waals surface area contributed by atoms with Crippen LogP contribution in [0.2, 0.25) is 0 Å². The Morgan fingerprint density at radius 3 is 2.50 bits per heavy atom. The second kappa shape index (κ2) is 8.31. The summed E-state index contributed by atoms with van der Waals surface area (Å²) in [6, 6.07) is 9.25. The van der Waals surface area contributed by atoms with Crippen molar-refractivity contribution < 1.29 is 9.59 Å². The van der Waals surface area contributed by atoms with Crippen LogP contribution in [0, 0.1) is 6.92 Å². The van der Waals surface area contributed by atoms with Crippen molar-refractivity contribution in [3.63, 3.8) is 0 Å². The van der Waals surface area contributed by atoms with Gasteiger partial charge in [-0.25, -0.2) is 0 Å². The number of thiazole rings is 1. The standard InChI is InChI=1S/C19H23N3O3S/c1-14-13-26-19(25)22(14)12-9-17(23)21-10-7-16(8-11-21)20-18(24)15-5-3-2-4-6-15/h2-6,13,16H,7-12H2,1H3,(H,20,24). The molecule has 26 heavy (non-hydrogen) atoms. The van der Waals surface area contributed by atoms with E-state index in [1.54, 1.807) is 16.7 Å². The summed E-state index contributed by atoms with van der Waals surface area (Å²) in [6.07, 6.45) is 1.84. The molecule has 1 aliphatic rings. The van der Waals surface area contributed by atoms with Crippen molar-refractivity contribution in [2.24, 2.45) is 0 Å². The van der Waals surface area contributed by atoms with Crippen LogP contribution in [0.15, 0.2) is 40.5 Å². The Labute approximate surface area is 156 Å². The van der Waals surface area contributed by atoms with E-state index in [9.17, 15) is 14.4 Å². The molecular formula is C19H23N3O3S. The number of nitrogens with zero attached hydrogens (tertiary/aromatic N) is 2. The smallest absolute Gasteiger partial charge is 0.307 e. The number of rotatable bonds is 5. The zero-order valence-corrected chi connectivity index (χ0v) is 15.6. The Balaban J connectivity index is 1.45. The molecule has 0 radical (unpaired) electrons. The minimum absolute atomic E-state index is 0.0161. The van der Waals surface area contributed by atoms with Crippen LogP contribution in [0.25, 0.3) is 0 Å². The maximum absolute atomic E-state index is 12.4. The molecule has 0 saturated carbocycles. The van der Waals surface area contributed by atoms with Gasteiger partial charge in [0.15, 0.2) is 0 Å². The summed E-state index contributed by atoms with van der Waals surface area (Å²) in [5.41, 5.74) is 1.55. The van der Waals surface area contributed by atoms with Crippen molar-refractivity contribution in [1.29, 1.82) is 0 Å². The molecule has 2 amide bonds. The molecule has 1 aromatic carbocycles. The molecule has 6 nitrogen and oxygen atoms in total. The first kappa shape index (κ1) is 18.4. The van der Waals surface area contributed by atoms with Crippen molar-refractivity contribution in [3.8, 4) is 0 Å². The topological polar surface area (TPSA) is 71.4 Å². The number of nitrogens with one attached hydrogen (secondary N) is 1. The average molecular weight is 373 g/mol. The molecule has 0 spiro atoms. The molecule has 1 fully saturated rings. The molecule has 0 atom stereocenters. The van der Waals surface area contributed by atoms with Crippen molar-refractivity contribution >= 4 is 23.2 Å². The molecule has 0 bridgehead atoms. The third-order valence-electron chi connectivity index (χ3n) is 4.74. The maximum atomic E-state index is 12.4. The number of hydrogen-bond donors (Lipinski definition) is 1. The maximum Gasteiger partial charge on any atom is 0.307 e. The van der Waals surface area contributed by atoms with Crippen molar-refractivity contribution in [2.45, 2.75) is 38.8 Å². The monoisotopic (exact) mass is 373 g/mol. The molecule has 2 heterocycles. The van der Waals surface area contributed by atoms with Crippen molar-refractivity contribution in [3.05, 3.63) is 56.6 Å². The highest BCUT2D eigenvalue weighted by molar-refractivity contribution is 7.07. The summed E-state index contributed by atoms with van der Waals surface area (Å²) >= 11 is 1.16. The molecular weight excluding hydrogens is 350 g/mol. The van der Waals surface area contributed by atoms with E-state index in [2.05, 4.69) is 5.32 Å². The normalized spacial score (nSPS) is 15.0. The summed E-state index contributed by atoms with van der Waals surface area (Å²) in [6.45, 7) is 3.58. The van der Waals surface area contributed by atoms with Crippen LogP contribution >= 0.6 is 11.3 Å². The first-order valence-electron chi connectivity index (χ1n) is 8.83. The number of aromatic nitrogens is 1.